The molecule has 0 saturated heterocycles. The summed E-state index contributed by atoms with van der Waals surface area (Å²) >= 11 is 0. The van der Waals surface area contributed by atoms with Crippen molar-refractivity contribution >= 4 is 0 Å². The van der Waals surface area contributed by atoms with E-state index < -0.39 is 12.2 Å². The average Bonchev–Trinajstić information content (AvgIpc) is 2.23. The van der Waals surface area contributed by atoms with Gasteiger partial charge in [0.2, 0.25) is 0 Å². The van der Waals surface area contributed by atoms with Gasteiger partial charge in [-0.15, -0.1) is 0 Å². The van der Waals surface area contributed by atoms with Crippen LogP contribution < -0.4 is 10.5 Å². The highest BCUT2D eigenvalue weighted by Crippen LogP contribution is 2.32. The standard InChI is InChI=1S/C11H14FNO/c1-14-8-4-2-7-3-5-10(12)11(13)9(7)6-8/h2,4,6,10-11H,3,5,13H2,1H3/t10-,11-/m1/s1. The van der Waals surface area contributed by atoms with Crippen molar-refractivity contribution in [2.75, 3.05) is 7.11 Å². The summed E-state index contributed by atoms with van der Waals surface area (Å²) in [4.78, 5) is 0. The fourth-order valence-electron chi connectivity index (χ4n) is 1.91. The SMILES string of the molecule is COc1ccc2c(c1)[C@@H](N)[C@H](F)CC2. The smallest absolute Gasteiger partial charge is 0.120 e. The van der Waals surface area contributed by atoms with Crippen LogP contribution in [-0.4, -0.2) is 13.3 Å². The quantitative estimate of drug-likeness (QED) is 0.743. The van der Waals surface area contributed by atoms with E-state index in [9.17, 15) is 4.39 Å². The lowest BCUT2D eigenvalue weighted by atomic mass is 9.87. The van der Waals surface area contributed by atoms with Gasteiger partial charge in [0.15, 0.2) is 0 Å². The molecule has 0 fully saturated rings. The van der Waals surface area contributed by atoms with Crippen LogP contribution in [0.5, 0.6) is 5.75 Å². The van der Waals surface area contributed by atoms with Gasteiger partial charge in [-0.25, -0.2) is 4.39 Å². The number of benzene rings is 1. The van der Waals surface area contributed by atoms with Gasteiger partial charge in [-0.2, -0.15) is 0 Å². The van der Waals surface area contributed by atoms with Gasteiger partial charge < -0.3 is 10.5 Å². The Bertz CT molecular complexity index is 340. The molecule has 1 aliphatic rings. The summed E-state index contributed by atoms with van der Waals surface area (Å²) in [6.07, 6.45) is 0.379. The van der Waals surface area contributed by atoms with Crippen LogP contribution in [0.1, 0.15) is 23.6 Å². The number of hydrogen-bond acceptors (Lipinski definition) is 2. The Kier molecular flexibility index (Phi) is 2.42. The van der Waals surface area contributed by atoms with Crippen LogP contribution in [0.4, 0.5) is 4.39 Å². The summed E-state index contributed by atoms with van der Waals surface area (Å²) in [6, 6.07) is 5.21. The third-order valence-electron chi connectivity index (χ3n) is 2.79. The van der Waals surface area contributed by atoms with Gasteiger partial charge in [-0.1, -0.05) is 6.07 Å². The van der Waals surface area contributed by atoms with Crippen molar-refractivity contribution in [3.05, 3.63) is 29.3 Å². The lowest BCUT2D eigenvalue weighted by Crippen LogP contribution is -2.28. The van der Waals surface area contributed by atoms with E-state index in [0.717, 1.165) is 23.3 Å². The van der Waals surface area contributed by atoms with Crippen LogP contribution in [0.15, 0.2) is 18.2 Å². The minimum Gasteiger partial charge on any atom is -0.497 e. The monoisotopic (exact) mass is 195 g/mol. The van der Waals surface area contributed by atoms with Gasteiger partial charge in [0.05, 0.1) is 13.2 Å². The maximum atomic E-state index is 13.3. The first kappa shape index (κ1) is 9.46. The van der Waals surface area contributed by atoms with Crippen LogP contribution in [0.25, 0.3) is 0 Å². The molecule has 0 amide bonds. The molecule has 2 atom stereocenters. The molecule has 0 radical (unpaired) electrons. The zero-order valence-corrected chi connectivity index (χ0v) is 8.16. The minimum atomic E-state index is -0.922. The Morgan fingerprint density at radius 2 is 2.29 bits per heavy atom. The number of ether oxygens (including phenoxy) is 1. The lowest BCUT2D eigenvalue weighted by Gasteiger charge is -2.26. The van der Waals surface area contributed by atoms with Crippen molar-refractivity contribution in [1.29, 1.82) is 0 Å². The number of hydrogen-bond donors (Lipinski definition) is 1. The molecule has 1 aliphatic carbocycles. The van der Waals surface area contributed by atoms with E-state index in [1.165, 1.54) is 0 Å². The normalized spacial score (nSPS) is 25.6. The first-order chi connectivity index (χ1) is 6.72. The molecule has 76 valence electrons. The molecule has 0 bridgehead atoms. The first-order valence-corrected chi connectivity index (χ1v) is 4.79. The van der Waals surface area contributed by atoms with Crippen LogP contribution in [-0.2, 0) is 6.42 Å². The summed E-state index contributed by atoms with van der Waals surface area (Å²) < 4.78 is 18.4. The van der Waals surface area contributed by atoms with Gasteiger partial charge in [0.1, 0.15) is 11.9 Å². The van der Waals surface area contributed by atoms with Crippen molar-refractivity contribution < 1.29 is 9.13 Å². The predicted molar refractivity (Wildman–Crippen MR) is 53.1 cm³/mol. The third kappa shape index (κ3) is 1.48. The molecule has 2 rings (SSSR count). The van der Waals surface area contributed by atoms with Crippen LogP contribution >= 0.6 is 0 Å². The zero-order valence-electron chi connectivity index (χ0n) is 8.16. The van der Waals surface area contributed by atoms with Crippen LogP contribution in [0.3, 0.4) is 0 Å². The number of methoxy groups -OCH3 is 1. The van der Waals surface area contributed by atoms with E-state index in [-0.39, 0.29) is 0 Å². The third-order valence-corrected chi connectivity index (χ3v) is 2.79. The molecule has 3 heteroatoms. The van der Waals surface area contributed by atoms with Crippen molar-refractivity contribution in [3.63, 3.8) is 0 Å². The maximum Gasteiger partial charge on any atom is 0.120 e. The Labute approximate surface area is 82.9 Å². The second-order valence-electron chi connectivity index (χ2n) is 3.65. The highest BCUT2D eigenvalue weighted by atomic mass is 19.1. The second kappa shape index (κ2) is 3.58. The topological polar surface area (TPSA) is 35.2 Å². The number of rotatable bonds is 1. The molecular formula is C11H14FNO. The van der Waals surface area contributed by atoms with Gasteiger partial charge in [-0.05, 0) is 36.1 Å². The average molecular weight is 195 g/mol. The Morgan fingerprint density at radius 3 is 3.00 bits per heavy atom. The summed E-state index contributed by atoms with van der Waals surface area (Å²) in [5, 5.41) is 0. The number of fused-ring (bicyclic) bond motifs is 1. The molecule has 0 spiro atoms. The van der Waals surface area contributed by atoms with E-state index in [4.69, 9.17) is 10.5 Å². The first-order valence-electron chi connectivity index (χ1n) is 4.79. The van der Waals surface area contributed by atoms with Crippen molar-refractivity contribution in [2.24, 2.45) is 5.73 Å². The van der Waals surface area contributed by atoms with Gasteiger partial charge in [0, 0.05) is 0 Å². The molecule has 1 aromatic carbocycles. The van der Waals surface area contributed by atoms with Crippen molar-refractivity contribution in [1.82, 2.24) is 0 Å². The van der Waals surface area contributed by atoms with Crippen molar-refractivity contribution in [2.45, 2.75) is 25.1 Å². The fraction of sp³-hybridized carbons (Fsp3) is 0.455. The zero-order chi connectivity index (χ0) is 10.1. The highest BCUT2D eigenvalue weighted by molar-refractivity contribution is 5.39. The van der Waals surface area contributed by atoms with Gasteiger partial charge in [-0.3, -0.25) is 0 Å². The summed E-state index contributed by atoms with van der Waals surface area (Å²) in [6.45, 7) is 0. The molecule has 0 heterocycles. The van der Waals surface area contributed by atoms with Crippen molar-refractivity contribution in [3.8, 4) is 5.75 Å². The molecule has 0 unspecified atom stereocenters. The molecule has 0 aliphatic heterocycles. The maximum absolute atomic E-state index is 13.3. The summed E-state index contributed by atoms with van der Waals surface area (Å²) in [5.41, 5.74) is 7.82. The highest BCUT2D eigenvalue weighted by Gasteiger charge is 2.26. The predicted octanol–water partition coefficient (Wildman–Crippen LogP) is 1.98. The number of aryl methyl sites for hydroxylation is 1. The molecule has 0 saturated carbocycles. The largest absolute Gasteiger partial charge is 0.497 e. The van der Waals surface area contributed by atoms with E-state index >= 15 is 0 Å². The molecule has 2 N–H and O–H groups in total. The fourth-order valence-corrected chi connectivity index (χ4v) is 1.91. The van der Waals surface area contributed by atoms with E-state index in [2.05, 4.69) is 0 Å². The molecule has 14 heavy (non-hydrogen) atoms. The minimum absolute atomic E-state index is 0.492. The number of nitrogens with two attached hydrogens (primary N) is 1. The number of alkyl halides is 1. The molecule has 2 nitrogen and oxygen atoms in total. The van der Waals surface area contributed by atoms with E-state index in [1.54, 1.807) is 7.11 Å². The van der Waals surface area contributed by atoms with Crippen LogP contribution in [0, 0.1) is 0 Å². The van der Waals surface area contributed by atoms with E-state index in [0.29, 0.717) is 6.42 Å². The van der Waals surface area contributed by atoms with Gasteiger partial charge >= 0.3 is 0 Å². The summed E-state index contributed by atoms with van der Waals surface area (Å²) in [5.74, 6) is 0.744. The Morgan fingerprint density at radius 1 is 1.50 bits per heavy atom. The van der Waals surface area contributed by atoms with Gasteiger partial charge in [0.25, 0.3) is 0 Å². The Balaban J connectivity index is 2.41. The van der Waals surface area contributed by atoms with Crippen LogP contribution in [0.2, 0.25) is 0 Å². The summed E-state index contributed by atoms with van der Waals surface area (Å²) in [7, 11) is 1.60. The number of halogens is 1. The second-order valence-corrected chi connectivity index (χ2v) is 3.65. The lowest BCUT2D eigenvalue weighted by molar-refractivity contribution is 0.254. The molecule has 0 aromatic heterocycles. The molecular weight excluding hydrogens is 181 g/mol. The Hall–Kier alpha value is -1.09. The molecule has 1 aromatic rings. The van der Waals surface area contributed by atoms with E-state index in [1.807, 2.05) is 18.2 Å².